The number of fused-ring (bicyclic) bond motifs is 1. The lowest BCUT2D eigenvalue weighted by molar-refractivity contribution is -0.136. The maximum absolute atomic E-state index is 11.9. The van der Waals surface area contributed by atoms with Crippen LogP contribution in [0.4, 0.5) is 5.69 Å². The topological polar surface area (TPSA) is 149 Å². The molecule has 33 heavy (non-hydrogen) atoms. The maximum atomic E-state index is 11.9. The molecule has 0 spiro atoms. The zero-order valence-electron chi connectivity index (χ0n) is 17.6. The number of para-hydroxylation sites is 1. The highest BCUT2D eigenvalue weighted by Crippen LogP contribution is 2.36. The van der Waals surface area contributed by atoms with Gasteiger partial charge in [0, 0.05) is 17.5 Å². The number of furan rings is 1. The van der Waals surface area contributed by atoms with E-state index < -0.39 is 11.9 Å². The largest absolute Gasteiger partial charge is 0.488 e. The summed E-state index contributed by atoms with van der Waals surface area (Å²) >= 11 is 0. The Balaban J connectivity index is 1.78. The van der Waals surface area contributed by atoms with Crippen LogP contribution in [-0.2, 0) is 24.4 Å². The first-order valence-electron chi connectivity index (χ1n) is 10.2. The highest BCUT2D eigenvalue weighted by Gasteiger charge is 2.23. The van der Waals surface area contributed by atoms with Crippen molar-refractivity contribution in [1.82, 2.24) is 0 Å². The summed E-state index contributed by atoms with van der Waals surface area (Å²) < 4.78 is 11.5. The molecule has 0 amide bonds. The van der Waals surface area contributed by atoms with Gasteiger partial charge in [0.25, 0.3) is 0 Å². The van der Waals surface area contributed by atoms with Gasteiger partial charge < -0.3 is 30.8 Å². The third-order valence-corrected chi connectivity index (χ3v) is 5.30. The number of carboxylic acid groups (broad SMARTS) is 2. The molecule has 3 aromatic carbocycles. The first-order chi connectivity index (χ1) is 15.9. The summed E-state index contributed by atoms with van der Waals surface area (Å²) in [6.45, 7) is 0.242. The molecule has 0 atom stereocenters. The van der Waals surface area contributed by atoms with Crippen molar-refractivity contribution in [3.05, 3.63) is 83.1 Å². The van der Waals surface area contributed by atoms with Crippen LogP contribution in [0.2, 0.25) is 0 Å². The smallest absolute Gasteiger partial charge is 0.372 e. The Morgan fingerprint density at radius 3 is 2.48 bits per heavy atom. The number of aromatic carboxylic acids is 1. The third-order valence-electron chi connectivity index (χ3n) is 5.30. The molecule has 1 heterocycles. The highest BCUT2D eigenvalue weighted by molar-refractivity contribution is 6.01. The Labute approximate surface area is 189 Å². The van der Waals surface area contributed by atoms with Crippen LogP contribution >= 0.6 is 0 Å². The van der Waals surface area contributed by atoms with Gasteiger partial charge >= 0.3 is 11.9 Å². The van der Waals surface area contributed by atoms with Crippen LogP contribution in [0.5, 0.6) is 5.75 Å². The van der Waals surface area contributed by atoms with Crippen molar-refractivity contribution in [2.24, 2.45) is 5.73 Å². The van der Waals surface area contributed by atoms with Gasteiger partial charge in [0.15, 0.2) is 5.58 Å². The second-order valence-corrected chi connectivity index (χ2v) is 7.53. The number of nitrogen functional groups attached to an aromatic ring is 1. The molecule has 0 saturated carbocycles. The normalized spacial score (nSPS) is 10.9. The molecule has 8 heteroatoms. The van der Waals surface area contributed by atoms with Crippen LogP contribution < -0.4 is 16.2 Å². The Morgan fingerprint density at radius 1 is 0.970 bits per heavy atom. The molecule has 0 aliphatic heterocycles. The van der Waals surface area contributed by atoms with Crippen LogP contribution in [0.1, 0.15) is 27.2 Å². The van der Waals surface area contributed by atoms with Crippen molar-refractivity contribution in [3.8, 4) is 16.9 Å². The summed E-state index contributed by atoms with van der Waals surface area (Å²) in [7, 11) is 0. The van der Waals surface area contributed by atoms with Gasteiger partial charge in [-0.25, -0.2) is 4.79 Å². The monoisotopic (exact) mass is 446 g/mol. The molecule has 168 valence electrons. The summed E-state index contributed by atoms with van der Waals surface area (Å²) in [5.41, 5.74) is 15.9. The fourth-order valence-corrected chi connectivity index (χ4v) is 3.74. The molecular weight excluding hydrogens is 424 g/mol. The van der Waals surface area contributed by atoms with Crippen molar-refractivity contribution >= 4 is 28.6 Å². The lowest BCUT2D eigenvalue weighted by atomic mass is 9.99. The summed E-state index contributed by atoms with van der Waals surface area (Å²) in [5.74, 6) is -2.18. The van der Waals surface area contributed by atoms with Gasteiger partial charge in [-0.15, -0.1) is 0 Å². The van der Waals surface area contributed by atoms with Crippen molar-refractivity contribution in [2.75, 3.05) is 5.73 Å². The predicted octanol–water partition coefficient (Wildman–Crippen LogP) is 4.05. The predicted molar refractivity (Wildman–Crippen MR) is 123 cm³/mol. The minimum Gasteiger partial charge on any atom is -0.488 e. The number of carboxylic acids is 2. The van der Waals surface area contributed by atoms with Gasteiger partial charge in [-0.1, -0.05) is 36.4 Å². The average Bonchev–Trinajstić information content (AvgIpc) is 3.17. The van der Waals surface area contributed by atoms with Gasteiger partial charge in [0.2, 0.25) is 5.76 Å². The van der Waals surface area contributed by atoms with Gasteiger partial charge in [0.1, 0.15) is 12.4 Å². The molecule has 0 bridgehead atoms. The van der Waals surface area contributed by atoms with Crippen molar-refractivity contribution in [3.63, 3.8) is 0 Å². The number of benzene rings is 3. The Hall–Kier alpha value is -4.30. The zero-order chi connectivity index (χ0) is 23.5. The van der Waals surface area contributed by atoms with Crippen molar-refractivity contribution in [1.29, 1.82) is 0 Å². The zero-order valence-corrected chi connectivity index (χ0v) is 17.6. The van der Waals surface area contributed by atoms with Gasteiger partial charge in [-0.2, -0.15) is 0 Å². The van der Waals surface area contributed by atoms with E-state index >= 15 is 0 Å². The van der Waals surface area contributed by atoms with E-state index in [0.717, 1.165) is 16.7 Å². The van der Waals surface area contributed by atoms with E-state index in [1.54, 1.807) is 36.4 Å². The minimum atomic E-state index is -1.25. The first kappa shape index (κ1) is 21.9. The summed E-state index contributed by atoms with van der Waals surface area (Å²) in [5, 5.41) is 19.4. The Kier molecular flexibility index (Phi) is 6.01. The van der Waals surface area contributed by atoms with E-state index in [1.807, 2.05) is 24.3 Å². The van der Waals surface area contributed by atoms with Crippen LogP contribution in [0.15, 0.2) is 65.1 Å². The summed E-state index contributed by atoms with van der Waals surface area (Å²) in [4.78, 5) is 23.0. The lowest BCUT2D eigenvalue weighted by Crippen LogP contribution is -2.06. The van der Waals surface area contributed by atoms with Gasteiger partial charge in [0.05, 0.1) is 17.7 Å². The lowest BCUT2D eigenvalue weighted by Gasteiger charge is -2.11. The minimum absolute atomic E-state index is 0.142. The molecule has 8 nitrogen and oxygen atoms in total. The molecular formula is C25H22N2O6. The van der Waals surface area contributed by atoms with E-state index in [0.29, 0.717) is 34.5 Å². The molecule has 4 aromatic rings. The van der Waals surface area contributed by atoms with E-state index in [1.165, 1.54) is 0 Å². The van der Waals surface area contributed by atoms with Crippen LogP contribution in [0, 0.1) is 0 Å². The third kappa shape index (κ3) is 4.51. The maximum Gasteiger partial charge on any atom is 0.372 e. The molecule has 0 aliphatic carbocycles. The van der Waals surface area contributed by atoms with Crippen molar-refractivity contribution in [2.45, 2.75) is 19.6 Å². The fourth-order valence-electron chi connectivity index (χ4n) is 3.74. The number of ether oxygens (including phenoxy) is 1. The first-order valence-corrected chi connectivity index (χ1v) is 10.2. The number of anilines is 1. The summed E-state index contributed by atoms with van der Waals surface area (Å²) in [6.07, 6.45) is -0.220. The molecule has 0 radical (unpaired) electrons. The number of hydrogen-bond donors (Lipinski definition) is 4. The van der Waals surface area contributed by atoms with Crippen molar-refractivity contribution < 1.29 is 29.0 Å². The number of carbonyl (C=O) groups is 2. The second kappa shape index (κ2) is 9.05. The van der Waals surface area contributed by atoms with E-state index in [2.05, 4.69) is 0 Å². The highest BCUT2D eigenvalue weighted by atomic mass is 16.5. The van der Waals surface area contributed by atoms with Gasteiger partial charge in [-0.05, 0) is 41.0 Å². The number of rotatable bonds is 8. The molecule has 6 N–H and O–H groups in total. The Morgan fingerprint density at radius 2 is 1.76 bits per heavy atom. The number of hydrogen-bond acceptors (Lipinski definition) is 6. The average molecular weight is 446 g/mol. The second-order valence-electron chi connectivity index (χ2n) is 7.53. The van der Waals surface area contributed by atoms with Crippen LogP contribution in [0.3, 0.4) is 0 Å². The number of aliphatic carboxylic acids is 1. The Bertz CT molecular complexity index is 1360. The van der Waals surface area contributed by atoms with Crippen LogP contribution in [0.25, 0.3) is 22.1 Å². The molecule has 1 aromatic heterocycles. The summed E-state index contributed by atoms with van der Waals surface area (Å²) in [6, 6.07) is 17.9. The van der Waals surface area contributed by atoms with E-state index in [-0.39, 0.29) is 24.4 Å². The molecule has 0 unspecified atom stereocenters. The van der Waals surface area contributed by atoms with Crippen LogP contribution in [-0.4, -0.2) is 22.2 Å². The SMILES string of the molecule is NCc1cccc(-c2cc(N)c3oc(C(=O)O)c(COc4ccccc4CC(=O)O)c3c2)c1. The fraction of sp³-hybridized carbons (Fsp3) is 0.120. The van der Waals surface area contributed by atoms with Gasteiger partial charge in [-0.3, -0.25) is 4.79 Å². The van der Waals surface area contributed by atoms with E-state index in [9.17, 15) is 14.7 Å². The van der Waals surface area contributed by atoms with E-state index in [4.69, 9.17) is 25.7 Å². The quantitative estimate of drug-likeness (QED) is 0.296. The number of nitrogens with two attached hydrogens (primary N) is 2. The standard InChI is InChI=1S/C25H22N2O6/c26-12-14-4-3-6-15(8-14)17-9-18-19(24(25(30)31)33-23(18)20(27)10-17)13-32-21-7-2-1-5-16(21)11-22(28)29/h1-10H,11-13,26-27H2,(H,28,29)(H,30,31). The molecule has 4 rings (SSSR count). The molecule has 0 aliphatic rings. The molecule has 0 saturated heterocycles. The molecule has 0 fully saturated rings.